The number of carbonyl (C=O) groups is 6. The van der Waals surface area contributed by atoms with Crippen LogP contribution in [0.4, 0.5) is 0 Å². The number of carboxylic acids is 1. The number of Topliss-reactive ketones (excluding diaryl/α,β-unsaturated/α-hetero) is 2. The summed E-state index contributed by atoms with van der Waals surface area (Å²) in [6.07, 6.45) is 2.75. The molecule has 16 nitrogen and oxygen atoms in total. The number of ether oxygens (including phenoxy) is 5. The second-order valence-corrected chi connectivity index (χ2v) is 18.8. The van der Waals surface area contributed by atoms with Gasteiger partial charge in [0.15, 0.2) is 0 Å². The van der Waals surface area contributed by atoms with Gasteiger partial charge in [0.25, 0.3) is 11.7 Å². The average Bonchev–Trinajstić information content (AvgIpc) is 3.26. The number of aliphatic carboxylic acids is 1. The quantitative estimate of drug-likeness (QED) is 0.126. The molecule has 4 N–H and O–H groups in total. The van der Waals surface area contributed by atoms with Crippen molar-refractivity contribution in [2.45, 2.75) is 173 Å². The van der Waals surface area contributed by atoms with Crippen LogP contribution in [0.2, 0.25) is 0 Å². The van der Waals surface area contributed by atoms with E-state index in [9.17, 15) is 39.3 Å². The van der Waals surface area contributed by atoms with Gasteiger partial charge in [0, 0.05) is 58.5 Å². The molecule has 4 aliphatic rings. The van der Waals surface area contributed by atoms with Crippen molar-refractivity contribution in [2.75, 3.05) is 27.9 Å². The lowest BCUT2D eigenvalue weighted by molar-refractivity contribution is -0.242. The van der Waals surface area contributed by atoms with Crippen molar-refractivity contribution in [1.29, 1.82) is 0 Å². The maximum absolute atomic E-state index is 15.0. The summed E-state index contributed by atoms with van der Waals surface area (Å²) in [4.78, 5) is 84.6. The van der Waals surface area contributed by atoms with Crippen molar-refractivity contribution in [3.05, 3.63) is 36.0 Å². The fourth-order valence-electron chi connectivity index (χ4n) is 10.1. The second-order valence-electron chi connectivity index (χ2n) is 18.8. The summed E-state index contributed by atoms with van der Waals surface area (Å²) in [6.45, 7) is 12.9. The number of esters is 1. The SMILES string of the molecule is C=CC[C@@H]1/C=C(\C)C[C@H](C)C[C@H](OC)[C@H]2O[C@@](NC(=O)CCC(=O)O)(C(=O)C(=O)N3CCCC[C@H]3C(=O)O[C@H](/C(C)=C/[C@@H]3CC[C@@H](O)[C@H](OC)C3)[C@H](C)[C@@H](O)CC1=O)[C@H](C)C[C@@H]2OC. The number of methoxy groups -OCH3 is 3. The highest BCUT2D eigenvalue weighted by Gasteiger charge is 2.58. The number of ketones is 2. The van der Waals surface area contributed by atoms with Crippen LogP contribution in [0.5, 0.6) is 0 Å². The smallest absolute Gasteiger partial charge is 0.329 e. The van der Waals surface area contributed by atoms with E-state index in [1.165, 1.54) is 14.2 Å². The van der Waals surface area contributed by atoms with Crippen LogP contribution in [0, 0.1) is 29.6 Å². The van der Waals surface area contributed by atoms with E-state index in [0.29, 0.717) is 56.9 Å². The van der Waals surface area contributed by atoms with E-state index < -0.39 is 115 Å². The van der Waals surface area contributed by atoms with Gasteiger partial charge in [-0.3, -0.25) is 24.0 Å². The number of aliphatic hydroxyl groups excluding tert-OH is 2. The molecule has 3 heterocycles. The van der Waals surface area contributed by atoms with Gasteiger partial charge in [-0.15, -0.1) is 6.58 Å². The third kappa shape index (κ3) is 13.2. The fraction of sp³-hybridized carbons (Fsp3) is 0.750. The minimum absolute atomic E-state index is 0.0100. The van der Waals surface area contributed by atoms with Crippen LogP contribution in [0.25, 0.3) is 0 Å². The first-order valence-electron chi connectivity index (χ1n) is 23.0. The molecular formula is C48H74N2O14. The van der Waals surface area contributed by atoms with Crippen LogP contribution in [-0.2, 0) is 52.5 Å². The Morgan fingerprint density at radius 1 is 0.922 bits per heavy atom. The van der Waals surface area contributed by atoms with Crippen molar-refractivity contribution >= 4 is 35.3 Å². The molecule has 3 fully saturated rings. The molecule has 2 saturated heterocycles. The number of carbonyl (C=O) groups excluding carboxylic acids is 5. The molecule has 2 amide bonds. The Balaban J connectivity index is 1.86. The van der Waals surface area contributed by atoms with Crippen LogP contribution < -0.4 is 5.32 Å². The van der Waals surface area contributed by atoms with Crippen molar-refractivity contribution in [3.8, 4) is 0 Å². The number of fused-ring (bicyclic) bond motifs is 3. The van der Waals surface area contributed by atoms with Crippen LogP contribution in [-0.4, -0.2) is 138 Å². The highest BCUT2D eigenvalue weighted by atomic mass is 16.6. The third-order valence-electron chi connectivity index (χ3n) is 13.8. The van der Waals surface area contributed by atoms with E-state index in [1.54, 1.807) is 34.0 Å². The Hall–Kier alpha value is -3.80. The van der Waals surface area contributed by atoms with Crippen LogP contribution in [0.3, 0.4) is 0 Å². The van der Waals surface area contributed by atoms with E-state index in [1.807, 2.05) is 26.0 Å². The molecular weight excluding hydrogens is 829 g/mol. The Morgan fingerprint density at radius 2 is 1.59 bits per heavy atom. The summed E-state index contributed by atoms with van der Waals surface area (Å²) >= 11 is 0. The van der Waals surface area contributed by atoms with Gasteiger partial charge in [0.2, 0.25) is 11.6 Å². The molecule has 16 heteroatoms. The monoisotopic (exact) mass is 903 g/mol. The van der Waals surface area contributed by atoms with Gasteiger partial charge in [-0.25, -0.2) is 4.79 Å². The van der Waals surface area contributed by atoms with Gasteiger partial charge in [-0.05, 0) is 95.5 Å². The van der Waals surface area contributed by atoms with Crippen LogP contribution >= 0.6 is 0 Å². The van der Waals surface area contributed by atoms with Gasteiger partial charge in [-0.1, -0.05) is 44.6 Å². The van der Waals surface area contributed by atoms with E-state index in [-0.39, 0.29) is 43.4 Å². The van der Waals surface area contributed by atoms with Gasteiger partial charge >= 0.3 is 11.9 Å². The number of aliphatic hydroxyl groups is 2. The van der Waals surface area contributed by atoms with Crippen LogP contribution in [0.1, 0.15) is 118 Å². The molecule has 1 aliphatic carbocycles. The fourth-order valence-corrected chi connectivity index (χ4v) is 10.1. The Bertz CT molecular complexity index is 1730. The topological polar surface area (TPSA) is 225 Å². The van der Waals surface area contributed by atoms with Gasteiger partial charge in [0.05, 0.1) is 36.9 Å². The number of allylic oxidation sites excluding steroid dienone is 4. The van der Waals surface area contributed by atoms with Crippen LogP contribution in [0.15, 0.2) is 36.0 Å². The van der Waals surface area contributed by atoms with Crippen molar-refractivity contribution in [3.63, 3.8) is 0 Å². The molecule has 0 aromatic carbocycles. The van der Waals surface area contributed by atoms with E-state index in [4.69, 9.17) is 23.7 Å². The number of cyclic esters (lactones) is 1. The van der Waals surface area contributed by atoms with Gasteiger partial charge in [-0.2, -0.15) is 0 Å². The summed E-state index contributed by atoms with van der Waals surface area (Å²) in [5.74, 6) is -7.67. The summed E-state index contributed by atoms with van der Waals surface area (Å²) in [6, 6.07) is -1.23. The highest BCUT2D eigenvalue weighted by Crippen LogP contribution is 2.40. The maximum atomic E-state index is 15.0. The molecule has 0 radical (unpaired) electrons. The lowest BCUT2D eigenvalue weighted by Gasteiger charge is -2.49. The zero-order valence-electron chi connectivity index (χ0n) is 39.1. The van der Waals surface area contributed by atoms with Crippen molar-refractivity contribution in [1.82, 2.24) is 10.2 Å². The zero-order valence-corrected chi connectivity index (χ0v) is 39.1. The highest BCUT2D eigenvalue weighted by molar-refractivity contribution is 6.40. The number of hydrogen-bond donors (Lipinski definition) is 4. The molecule has 14 atom stereocenters. The Kier molecular flexibility index (Phi) is 19.9. The largest absolute Gasteiger partial charge is 0.481 e. The summed E-state index contributed by atoms with van der Waals surface area (Å²) < 4.78 is 30.5. The number of nitrogens with one attached hydrogen (secondary N) is 1. The molecule has 64 heavy (non-hydrogen) atoms. The van der Waals surface area contributed by atoms with Gasteiger partial charge in [0.1, 0.15) is 24.0 Å². The Labute approximate surface area is 378 Å². The van der Waals surface area contributed by atoms with E-state index in [0.717, 1.165) is 10.5 Å². The lowest BCUT2D eigenvalue weighted by Crippen LogP contribution is -2.71. The molecule has 3 aliphatic heterocycles. The minimum atomic E-state index is -2.29. The number of nitrogens with zero attached hydrogens (tertiary/aromatic N) is 1. The predicted molar refractivity (Wildman–Crippen MR) is 235 cm³/mol. The number of hydrogen-bond acceptors (Lipinski definition) is 13. The van der Waals surface area contributed by atoms with Gasteiger partial charge < -0.3 is 49.2 Å². The van der Waals surface area contributed by atoms with Crippen molar-refractivity contribution < 1.29 is 67.8 Å². The minimum Gasteiger partial charge on any atom is -0.481 e. The molecule has 4 rings (SSSR count). The third-order valence-corrected chi connectivity index (χ3v) is 13.8. The molecule has 2 bridgehead atoms. The molecule has 0 aromatic rings. The second kappa shape index (κ2) is 24.1. The molecule has 1 saturated carbocycles. The number of amides is 2. The number of carboxylic acid groups (broad SMARTS) is 1. The summed E-state index contributed by atoms with van der Waals surface area (Å²) in [5.41, 5.74) is -0.773. The lowest BCUT2D eigenvalue weighted by atomic mass is 9.80. The van der Waals surface area contributed by atoms with Crippen molar-refractivity contribution in [2.24, 2.45) is 29.6 Å². The summed E-state index contributed by atoms with van der Waals surface area (Å²) in [7, 11) is 4.53. The molecule has 0 spiro atoms. The molecule has 0 unspecified atom stereocenters. The first-order chi connectivity index (χ1) is 30.3. The average molecular weight is 903 g/mol. The van der Waals surface area contributed by atoms with E-state index in [2.05, 4.69) is 11.9 Å². The van der Waals surface area contributed by atoms with E-state index >= 15 is 4.79 Å². The standard InChI is InChI=1S/C48H74N2O14/c1-10-13-33-21-27(2)20-28(3)22-39(61-8)44-40(62-9)24-30(5)48(64-44,49-41(54)17-18-42(55)56)45(57)46(58)50-19-12-11-14-34(50)47(59)63-43(31(6)36(52)26-37(33)53)29(4)23-32-15-16-35(51)38(25-32)60-7/h10,21,23,28,30-36,38-40,43-44,51-52H,1,11-20,22,24-26H2,2-9H3,(H,49,54)(H,55,56)/b27-21+,29-23+/t28-,30+,31+,32-,33+,34-,35+,36-,38+,39-,40-,43+,44+,48+/m0/s1. The number of piperidine rings is 1. The molecule has 0 aromatic heterocycles. The maximum Gasteiger partial charge on any atom is 0.329 e. The zero-order chi connectivity index (χ0) is 47.5. The Morgan fingerprint density at radius 3 is 2.23 bits per heavy atom. The first kappa shape index (κ1) is 52.8. The normalized spacial score (nSPS) is 37.6. The number of rotatable bonds is 11. The summed E-state index contributed by atoms with van der Waals surface area (Å²) in [5, 5.41) is 34.3. The predicted octanol–water partition coefficient (Wildman–Crippen LogP) is 4.63. The first-order valence-corrected chi connectivity index (χ1v) is 23.0. The molecule has 360 valence electrons.